The Labute approximate surface area is 222 Å². The van der Waals surface area contributed by atoms with Gasteiger partial charge in [0.1, 0.15) is 0 Å². The van der Waals surface area contributed by atoms with Gasteiger partial charge in [0.05, 0.1) is 0 Å². The lowest BCUT2D eigenvalue weighted by Gasteiger charge is -2.39. The Morgan fingerprint density at radius 3 is 0.977 bits per heavy atom. The predicted molar refractivity (Wildman–Crippen MR) is 80.1 cm³/mol. The molecule has 0 atom stereocenters. The number of alkyl halides is 23. The number of carbonyl (C=O) groups excluding carboxylic acids is 2. The van der Waals surface area contributed by atoms with Crippen LogP contribution in [0, 0.1) is 0 Å². The molecule has 0 fully saturated rings. The van der Waals surface area contributed by atoms with Crippen LogP contribution in [0.15, 0.2) is 12.7 Å². The lowest BCUT2D eigenvalue weighted by atomic mass is 10.1. The summed E-state index contributed by atoms with van der Waals surface area (Å²) in [4.78, 5) is 21.3. The van der Waals surface area contributed by atoms with E-state index in [2.05, 4.69) is 11.3 Å². The van der Waals surface area contributed by atoms with Crippen molar-refractivity contribution in [2.45, 2.75) is 66.5 Å². The summed E-state index contributed by atoms with van der Waals surface area (Å²) in [5, 5.41) is 0. The summed E-state index contributed by atoms with van der Waals surface area (Å²) in [6, 6.07) is 0. The molecule has 0 aliphatic rings. The highest BCUT2D eigenvalue weighted by Crippen LogP contribution is 2.59. The van der Waals surface area contributed by atoms with Crippen LogP contribution in [-0.2, 0) is 28.5 Å². The molecule has 0 radical (unpaired) electrons. The van der Waals surface area contributed by atoms with Crippen LogP contribution in [0.3, 0.4) is 0 Å². The SMILES string of the molecule is C=CC(=O)OC(=O)C(F)(F)OC(F)(F)C(F)(F)C(F)(F)OC(F)(F)C(F)(F)C(F)(F)OC(F)(F)C(F)(F)C(F)(F)C(F)(F)F. The van der Waals surface area contributed by atoms with E-state index < -0.39 is 78.5 Å². The first kappa shape index (κ1) is 41.1. The van der Waals surface area contributed by atoms with Crippen LogP contribution >= 0.6 is 0 Å². The van der Waals surface area contributed by atoms with Crippen LogP contribution in [0.25, 0.3) is 0 Å². The van der Waals surface area contributed by atoms with Gasteiger partial charge in [-0.1, -0.05) is 6.58 Å². The first-order valence-corrected chi connectivity index (χ1v) is 9.08. The van der Waals surface area contributed by atoms with Gasteiger partial charge in [0.2, 0.25) is 0 Å². The second-order valence-corrected chi connectivity index (χ2v) is 7.11. The van der Waals surface area contributed by atoms with Crippen LogP contribution in [0.2, 0.25) is 0 Å². The van der Waals surface area contributed by atoms with Gasteiger partial charge in [-0.05, 0) is 0 Å². The molecule has 0 N–H and O–H groups in total. The Kier molecular flexibility index (Phi) is 10.5. The van der Waals surface area contributed by atoms with Crippen molar-refractivity contribution >= 4 is 11.9 Å². The average Bonchev–Trinajstić information content (AvgIpc) is 2.75. The van der Waals surface area contributed by atoms with Crippen molar-refractivity contribution in [3.63, 3.8) is 0 Å². The number of halogens is 23. The Bertz CT molecular complexity index is 1090. The van der Waals surface area contributed by atoms with Gasteiger partial charge in [-0.2, -0.15) is 101 Å². The highest BCUT2D eigenvalue weighted by Gasteiger charge is 2.88. The molecule has 0 aromatic carbocycles. The van der Waals surface area contributed by atoms with E-state index in [4.69, 9.17) is 0 Å². The zero-order valence-electron chi connectivity index (χ0n) is 18.9. The Balaban J connectivity index is 6.49. The molecular weight excluding hydrogens is 713 g/mol. The number of hydrogen-bond acceptors (Lipinski definition) is 6. The Morgan fingerprint density at radius 2 is 0.705 bits per heavy atom. The number of rotatable bonds is 14. The van der Waals surface area contributed by atoms with E-state index in [9.17, 15) is 111 Å². The molecule has 44 heavy (non-hydrogen) atoms. The van der Waals surface area contributed by atoms with Gasteiger partial charge in [-0.15, -0.1) is 0 Å². The minimum absolute atomic E-state index is 0.219. The molecule has 0 rings (SSSR count). The summed E-state index contributed by atoms with van der Waals surface area (Å²) in [5.41, 5.74) is 0. The van der Waals surface area contributed by atoms with Gasteiger partial charge in [-0.25, -0.2) is 23.8 Å². The number of hydrogen-bond donors (Lipinski definition) is 0. The summed E-state index contributed by atoms with van der Waals surface area (Å²) in [5.74, 6) is -39.8. The molecule has 0 aromatic heterocycles. The molecule has 0 heterocycles. The van der Waals surface area contributed by atoms with E-state index in [0.717, 1.165) is 9.47 Å². The van der Waals surface area contributed by atoms with E-state index in [0.29, 0.717) is 0 Å². The lowest BCUT2D eigenvalue weighted by molar-refractivity contribution is -0.556. The average molecular weight is 716 g/mol. The highest BCUT2D eigenvalue weighted by atomic mass is 19.4. The van der Waals surface area contributed by atoms with Crippen molar-refractivity contribution < 1.29 is 130 Å². The maximum Gasteiger partial charge on any atom is 0.461 e. The molecule has 260 valence electrons. The summed E-state index contributed by atoms with van der Waals surface area (Å²) in [6.45, 7) is 2.42. The second-order valence-electron chi connectivity index (χ2n) is 7.11. The molecule has 0 saturated carbocycles. The lowest BCUT2D eigenvalue weighted by Crippen LogP contribution is -2.67. The van der Waals surface area contributed by atoms with Gasteiger partial charge in [0.15, 0.2) is 0 Å². The normalized spacial score (nSPS) is 15.7. The Hall–Kier alpha value is -2.85. The summed E-state index contributed by atoms with van der Waals surface area (Å²) >= 11 is 0. The molecule has 0 saturated heterocycles. The largest absolute Gasteiger partial charge is 0.461 e. The fraction of sp³-hybridized carbons (Fsp3) is 0.733. The third-order valence-corrected chi connectivity index (χ3v) is 3.94. The van der Waals surface area contributed by atoms with Crippen molar-refractivity contribution in [1.82, 2.24) is 0 Å². The number of esters is 2. The molecule has 29 heteroatoms. The molecule has 0 aliphatic carbocycles. The molecule has 0 unspecified atom stereocenters. The topological polar surface area (TPSA) is 71.1 Å². The summed E-state index contributed by atoms with van der Waals surface area (Å²) in [6.07, 6.45) is -56.4. The summed E-state index contributed by atoms with van der Waals surface area (Å²) < 4.78 is 307. The first-order chi connectivity index (χ1) is 18.7. The van der Waals surface area contributed by atoms with Gasteiger partial charge in [-0.3, -0.25) is 0 Å². The smallest absolute Gasteiger partial charge is 0.383 e. The summed E-state index contributed by atoms with van der Waals surface area (Å²) in [7, 11) is 0. The predicted octanol–water partition coefficient (Wildman–Crippen LogP) is 6.95. The van der Waals surface area contributed by atoms with Gasteiger partial charge in [0.25, 0.3) is 0 Å². The van der Waals surface area contributed by atoms with Crippen LogP contribution < -0.4 is 0 Å². The molecule has 6 nitrogen and oxygen atoms in total. The van der Waals surface area contributed by atoms with Gasteiger partial charge in [0, 0.05) is 6.08 Å². The minimum Gasteiger partial charge on any atom is -0.383 e. The van der Waals surface area contributed by atoms with Crippen molar-refractivity contribution in [2.24, 2.45) is 0 Å². The molecule has 0 spiro atoms. The van der Waals surface area contributed by atoms with Crippen molar-refractivity contribution in [1.29, 1.82) is 0 Å². The van der Waals surface area contributed by atoms with E-state index in [-0.39, 0.29) is 6.08 Å². The zero-order chi connectivity index (χ0) is 36.2. The van der Waals surface area contributed by atoms with Crippen LogP contribution in [0.4, 0.5) is 101 Å². The fourth-order valence-corrected chi connectivity index (χ4v) is 1.74. The van der Waals surface area contributed by atoms with Crippen LogP contribution in [0.1, 0.15) is 0 Å². The molecule has 0 amide bonds. The van der Waals surface area contributed by atoms with Crippen molar-refractivity contribution in [2.75, 3.05) is 0 Å². The van der Waals surface area contributed by atoms with E-state index in [1.807, 2.05) is 0 Å². The maximum absolute atomic E-state index is 13.5. The third kappa shape index (κ3) is 7.01. The molecule has 0 aliphatic heterocycles. The monoisotopic (exact) mass is 716 g/mol. The zero-order valence-corrected chi connectivity index (χ0v) is 18.9. The third-order valence-electron chi connectivity index (χ3n) is 3.94. The molecule has 0 aromatic rings. The highest BCUT2D eigenvalue weighted by molar-refractivity contribution is 5.93. The van der Waals surface area contributed by atoms with Crippen molar-refractivity contribution in [3.8, 4) is 0 Å². The maximum atomic E-state index is 13.5. The van der Waals surface area contributed by atoms with Gasteiger partial charge >= 0.3 is 78.5 Å². The van der Waals surface area contributed by atoms with Gasteiger partial charge < -0.3 is 4.74 Å². The second kappa shape index (κ2) is 11.2. The van der Waals surface area contributed by atoms with Crippen LogP contribution in [0.5, 0.6) is 0 Å². The molecular formula is C15H3F23O6. The van der Waals surface area contributed by atoms with E-state index in [1.165, 1.54) is 0 Å². The molecule has 0 bridgehead atoms. The Morgan fingerprint density at radius 1 is 0.432 bits per heavy atom. The number of ether oxygens (including phenoxy) is 4. The first-order valence-electron chi connectivity index (χ1n) is 9.08. The van der Waals surface area contributed by atoms with E-state index in [1.54, 1.807) is 4.74 Å². The number of carbonyl (C=O) groups is 2. The van der Waals surface area contributed by atoms with E-state index >= 15 is 0 Å². The minimum atomic E-state index is -8.68. The van der Waals surface area contributed by atoms with Crippen molar-refractivity contribution in [3.05, 3.63) is 12.7 Å². The fourth-order valence-electron chi connectivity index (χ4n) is 1.74. The standard InChI is InChI=1S/C15H3F23O6/c1-2-3(39)41-4(40)5(16,17)42-12(31,32)8(22,23)13(33,34)44-15(37,38)9(24,25)14(35,36)43-11(29,30)7(20,21)6(18,19)10(26,27)28/h2H,1H2. The van der Waals surface area contributed by atoms with Crippen LogP contribution in [-0.4, -0.2) is 78.5 Å². The quantitative estimate of drug-likeness (QED) is 0.0840.